The molecule has 1 aliphatic carbocycles. The van der Waals surface area contributed by atoms with E-state index in [-0.39, 0.29) is 17.7 Å². The summed E-state index contributed by atoms with van der Waals surface area (Å²) in [6, 6.07) is 6.24. The summed E-state index contributed by atoms with van der Waals surface area (Å²) in [5.74, 6) is -0.136. The Balaban J connectivity index is 1.64. The minimum absolute atomic E-state index is 0.0443. The van der Waals surface area contributed by atoms with Crippen LogP contribution in [0.2, 0.25) is 5.02 Å². The monoisotopic (exact) mass is 348 g/mol. The number of halogens is 1. The maximum Gasteiger partial charge on any atom is 0.251 e. The van der Waals surface area contributed by atoms with Crippen molar-refractivity contribution in [1.82, 2.24) is 10.2 Å². The fourth-order valence-electron chi connectivity index (χ4n) is 3.41. The van der Waals surface area contributed by atoms with Crippen molar-refractivity contribution in [1.29, 1.82) is 0 Å². The maximum atomic E-state index is 12.9. The predicted molar refractivity (Wildman–Crippen MR) is 95.0 cm³/mol. The Bertz CT molecular complexity index is 613. The Morgan fingerprint density at radius 2 is 1.67 bits per heavy atom. The van der Waals surface area contributed by atoms with E-state index in [0.29, 0.717) is 16.0 Å². The van der Waals surface area contributed by atoms with Gasteiger partial charge in [0.1, 0.15) is 6.04 Å². The second kappa shape index (κ2) is 6.75. The zero-order chi connectivity index (χ0) is 17.3. The topological polar surface area (TPSA) is 49.4 Å². The molecule has 1 atom stereocenters. The van der Waals surface area contributed by atoms with Crippen LogP contribution in [-0.2, 0) is 4.79 Å². The van der Waals surface area contributed by atoms with Gasteiger partial charge in [0.25, 0.3) is 5.91 Å². The van der Waals surface area contributed by atoms with Gasteiger partial charge in [0.15, 0.2) is 0 Å². The van der Waals surface area contributed by atoms with Gasteiger partial charge in [0.05, 0.1) is 0 Å². The molecule has 3 rings (SSSR count). The van der Waals surface area contributed by atoms with Gasteiger partial charge in [-0.3, -0.25) is 9.59 Å². The van der Waals surface area contributed by atoms with Crippen LogP contribution in [-0.4, -0.2) is 35.8 Å². The Morgan fingerprint density at radius 1 is 1.08 bits per heavy atom. The number of carbonyl (C=O) groups is 2. The van der Waals surface area contributed by atoms with Gasteiger partial charge in [-0.1, -0.05) is 25.4 Å². The molecule has 1 N–H and O–H groups in total. The third kappa shape index (κ3) is 3.75. The van der Waals surface area contributed by atoms with Crippen LogP contribution in [0.4, 0.5) is 0 Å². The van der Waals surface area contributed by atoms with Gasteiger partial charge in [0, 0.05) is 23.7 Å². The van der Waals surface area contributed by atoms with Crippen LogP contribution >= 0.6 is 11.6 Å². The van der Waals surface area contributed by atoms with Gasteiger partial charge in [-0.25, -0.2) is 0 Å². The lowest BCUT2D eigenvalue weighted by molar-refractivity contribution is -0.135. The van der Waals surface area contributed by atoms with Crippen molar-refractivity contribution >= 4 is 23.4 Å². The molecule has 1 aromatic rings. The zero-order valence-corrected chi connectivity index (χ0v) is 15.1. The average Bonchev–Trinajstić information content (AvgIpc) is 3.32. The van der Waals surface area contributed by atoms with E-state index in [1.807, 2.05) is 18.7 Å². The van der Waals surface area contributed by atoms with Crippen molar-refractivity contribution in [3.63, 3.8) is 0 Å². The normalized spacial score (nSPS) is 20.1. The number of nitrogens with zero attached hydrogens (tertiary/aromatic N) is 1. The summed E-state index contributed by atoms with van der Waals surface area (Å²) in [6.07, 6.45) is 4.84. The first-order valence-electron chi connectivity index (χ1n) is 8.75. The first-order valence-corrected chi connectivity index (χ1v) is 9.13. The summed E-state index contributed by atoms with van der Waals surface area (Å²) in [4.78, 5) is 27.3. The van der Waals surface area contributed by atoms with Gasteiger partial charge in [-0.2, -0.15) is 0 Å². The molecular weight excluding hydrogens is 324 g/mol. The van der Waals surface area contributed by atoms with Crippen LogP contribution < -0.4 is 5.32 Å². The molecule has 0 aromatic heterocycles. The van der Waals surface area contributed by atoms with Crippen LogP contribution in [0.1, 0.15) is 49.9 Å². The molecule has 1 saturated heterocycles. The van der Waals surface area contributed by atoms with Gasteiger partial charge in [-0.05, 0) is 61.3 Å². The highest BCUT2D eigenvalue weighted by Crippen LogP contribution is 2.53. The zero-order valence-electron chi connectivity index (χ0n) is 14.3. The molecule has 24 heavy (non-hydrogen) atoms. The highest BCUT2D eigenvalue weighted by Gasteiger charge is 2.45. The van der Waals surface area contributed by atoms with E-state index in [4.69, 9.17) is 11.6 Å². The maximum absolute atomic E-state index is 12.9. The van der Waals surface area contributed by atoms with Gasteiger partial charge < -0.3 is 10.2 Å². The van der Waals surface area contributed by atoms with Crippen LogP contribution in [0.15, 0.2) is 24.3 Å². The highest BCUT2D eigenvalue weighted by molar-refractivity contribution is 6.30. The number of nitrogens with one attached hydrogen (secondary N) is 1. The molecule has 130 valence electrons. The molecule has 1 aromatic carbocycles. The summed E-state index contributed by atoms with van der Waals surface area (Å²) in [5, 5.41) is 3.50. The van der Waals surface area contributed by atoms with Gasteiger partial charge in [-0.15, -0.1) is 0 Å². The summed E-state index contributed by atoms with van der Waals surface area (Å²) >= 11 is 5.86. The molecule has 1 heterocycles. The van der Waals surface area contributed by atoms with Crippen molar-refractivity contribution in [2.45, 2.75) is 45.6 Å². The van der Waals surface area contributed by atoms with E-state index >= 15 is 0 Å². The smallest absolute Gasteiger partial charge is 0.251 e. The second-order valence-electron chi connectivity index (χ2n) is 7.53. The molecule has 1 aliphatic heterocycles. The Labute approximate surface area is 148 Å². The average molecular weight is 349 g/mol. The van der Waals surface area contributed by atoms with Crippen molar-refractivity contribution in [2.24, 2.45) is 11.3 Å². The molecule has 2 aliphatic rings. The molecular formula is C19H25ClN2O2. The predicted octanol–water partition coefficient (Wildman–Crippen LogP) is 3.50. The number of likely N-dealkylation sites (tertiary alicyclic amines) is 1. The first kappa shape index (κ1) is 17.3. The number of hydrogen-bond donors (Lipinski definition) is 1. The standard InChI is InChI=1S/C19H25ClN2O2/c1-13(2)16(21-17(23)14-3-5-15(20)6-4-14)18(24)22-11-9-19(7-8-19)10-12-22/h3-6,13,16H,7-12H2,1-2H3,(H,21,23)/t16-/m1/s1. The summed E-state index contributed by atoms with van der Waals surface area (Å²) in [5.41, 5.74) is 1.06. The Kier molecular flexibility index (Phi) is 4.86. The van der Waals surface area contributed by atoms with Crippen molar-refractivity contribution < 1.29 is 9.59 Å². The van der Waals surface area contributed by atoms with Crippen LogP contribution in [0.3, 0.4) is 0 Å². The number of piperidine rings is 1. The molecule has 2 fully saturated rings. The minimum atomic E-state index is -0.485. The highest BCUT2D eigenvalue weighted by atomic mass is 35.5. The molecule has 1 spiro atoms. The molecule has 0 radical (unpaired) electrons. The Morgan fingerprint density at radius 3 is 2.17 bits per heavy atom. The number of amides is 2. The number of hydrogen-bond acceptors (Lipinski definition) is 2. The van der Waals surface area contributed by atoms with Crippen molar-refractivity contribution in [3.05, 3.63) is 34.9 Å². The largest absolute Gasteiger partial charge is 0.341 e. The first-order chi connectivity index (χ1) is 11.4. The van der Waals surface area contributed by atoms with Gasteiger partial charge in [0.2, 0.25) is 5.91 Å². The molecule has 0 unspecified atom stereocenters. The molecule has 1 saturated carbocycles. The van der Waals surface area contributed by atoms with Crippen molar-refractivity contribution in [2.75, 3.05) is 13.1 Å². The van der Waals surface area contributed by atoms with E-state index in [2.05, 4.69) is 5.32 Å². The summed E-state index contributed by atoms with van der Waals surface area (Å²) in [7, 11) is 0. The van der Waals surface area contributed by atoms with E-state index in [0.717, 1.165) is 25.9 Å². The van der Waals surface area contributed by atoms with E-state index in [1.54, 1.807) is 24.3 Å². The van der Waals surface area contributed by atoms with E-state index in [9.17, 15) is 9.59 Å². The molecule has 0 bridgehead atoms. The SMILES string of the molecule is CC(C)[C@@H](NC(=O)c1ccc(Cl)cc1)C(=O)N1CCC2(CC1)CC2. The minimum Gasteiger partial charge on any atom is -0.341 e. The van der Waals surface area contributed by atoms with E-state index in [1.165, 1.54) is 12.8 Å². The molecule has 4 nitrogen and oxygen atoms in total. The fourth-order valence-corrected chi connectivity index (χ4v) is 3.54. The Hall–Kier alpha value is -1.55. The van der Waals surface area contributed by atoms with Crippen LogP contribution in [0, 0.1) is 11.3 Å². The molecule has 2 amide bonds. The lowest BCUT2D eigenvalue weighted by Gasteiger charge is -2.35. The number of rotatable bonds is 4. The van der Waals surface area contributed by atoms with Crippen LogP contribution in [0.25, 0.3) is 0 Å². The second-order valence-corrected chi connectivity index (χ2v) is 7.96. The lowest BCUT2D eigenvalue weighted by Crippen LogP contribution is -2.53. The van der Waals surface area contributed by atoms with Gasteiger partial charge >= 0.3 is 0 Å². The third-order valence-corrected chi connectivity index (χ3v) is 5.67. The van der Waals surface area contributed by atoms with E-state index < -0.39 is 6.04 Å². The van der Waals surface area contributed by atoms with Crippen LogP contribution in [0.5, 0.6) is 0 Å². The summed E-state index contributed by atoms with van der Waals surface area (Å²) < 4.78 is 0. The number of carbonyl (C=O) groups excluding carboxylic acids is 2. The quantitative estimate of drug-likeness (QED) is 0.905. The molecule has 5 heteroatoms. The number of benzene rings is 1. The summed E-state index contributed by atoms with van der Waals surface area (Å²) in [6.45, 7) is 5.58. The van der Waals surface area contributed by atoms with Crippen molar-refractivity contribution in [3.8, 4) is 0 Å². The lowest BCUT2D eigenvalue weighted by atomic mass is 9.92. The fraction of sp³-hybridized carbons (Fsp3) is 0.579. The third-order valence-electron chi connectivity index (χ3n) is 5.42.